The molecule has 0 aliphatic carbocycles. The van der Waals surface area contributed by atoms with Gasteiger partial charge in [0.2, 0.25) is 11.8 Å². The number of Topliss-reactive ketones (excluding diaryl/α,β-unsaturated/α-hetero) is 1. The Bertz CT molecular complexity index is 1300. The van der Waals surface area contributed by atoms with Crippen molar-refractivity contribution >= 4 is 52.9 Å². The Hall–Kier alpha value is -3.84. The first-order valence-electron chi connectivity index (χ1n) is 13.3. The van der Waals surface area contributed by atoms with Crippen LogP contribution in [0, 0.1) is 11.7 Å². The molecule has 2 atom stereocenters. The van der Waals surface area contributed by atoms with Crippen molar-refractivity contribution in [2.24, 2.45) is 5.92 Å². The molecule has 14 heteroatoms. The lowest BCUT2D eigenvalue weighted by Crippen LogP contribution is -2.54. The topological polar surface area (TPSA) is 168 Å². The number of rotatable bonds is 18. The molecule has 2 aromatic rings. The lowest BCUT2D eigenvalue weighted by atomic mass is 10.0. The predicted molar refractivity (Wildman–Crippen MR) is 158 cm³/mol. The van der Waals surface area contributed by atoms with Gasteiger partial charge in [0.15, 0.2) is 12.4 Å². The van der Waals surface area contributed by atoms with E-state index < -0.39 is 66.4 Å². The summed E-state index contributed by atoms with van der Waals surface area (Å²) in [7, 11) is 0. The van der Waals surface area contributed by atoms with Crippen LogP contribution in [0.4, 0.5) is 4.39 Å². The Kier molecular flexibility index (Phi) is 14.2. The number of ether oxygens (including phenoxy) is 2. The number of carboxylic acids is 2. The summed E-state index contributed by atoms with van der Waals surface area (Å²) in [6.07, 6.45) is -0.936. The maximum Gasteiger partial charge on any atom is 0.341 e. The normalized spacial score (nSPS) is 12.2. The molecule has 0 spiro atoms. The number of thioether (sulfide) groups is 1. The van der Waals surface area contributed by atoms with Crippen LogP contribution in [0.1, 0.15) is 38.3 Å². The molecule has 234 valence electrons. The number of amides is 2. The zero-order chi connectivity index (χ0) is 32.1. The van der Waals surface area contributed by atoms with Gasteiger partial charge in [0.1, 0.15) is 23.4 Å². The number of hydrogen-bond donors (Lipinski definition) is 4. The van der Waals surface area contributed by atoms with Gasteiger partial charge in [-0.3, -0.25) is 19.2 Å². The van der Waals surface area contributed by atoms with E-state index in [0.717, 1.165) is 11.8 Å². The van der Waals surface area contributed by atoms with Crippen molar-refractivity contribution in [1.82, 2.24) is 10.6 Å². The molecule has 1 unspecified atom stereocenters. The van der Waals surface area contributed by atoms with Crippen molar-refractivity contribution in [1.29, 1.82) is 0 Å². The van der Waals surface area contributed by atoms with E-state index in [0.29, 0.717) is 17.9 Å². The third kappa shape index (κ3) is 11.8. The fourth-order valence-electron chi connectivity index (χ4n) is 3.86. The Morgan fingerprint density at radius 3 is 2.35 bits per heavy atom. The largest absolute Gasteiger partial charge is 0.494 e. The number of benzene rings is 2. The van der Waals surface area contributed by atoms with E-state index in [2.05, 4.69) is 10.6 Å². The summed E-state index contributed by atoms with van der Waals surface area (Å²) < 4.78 is 24.8. The van der Waals surface area contributed by atoms with Gasteiger partial charge >= 0.3 is 11.9 Å². The molecule has 43 heavy (non-hydrogen) atoms. The minimum Gasteiger partial charge on any atom is -0.494 e. The predicted octanol–water partition coefficient (Wildman–Crippen LogP) is 3.49. The Labute approximate surface area is 257 Å². The van der Waals surface area contributed by atoms with Crippen LogP contribution >= 0.6 is 23.4 Å². The summed E-state index contributed by atoms with van der Waals surface area (Å²) in [5, 5.41) is 23.4. The highest BCUT2D eigenvalue weighted by Gasteiger charge is 2.30. The maximum absolute atomic E-state index is 14.0. The molecular formula is C29H34ClFN2O9S. The average molecular weight is 641 g/mol. The lowest BCUT2D eigenvalue weighted by molar-refractivity contribution is -0.140. The van der Waals surface area contributed by atoms with Crippen molar-refractivity contribution in [3.05, 3.63) is 58.4 Å². The second-order valence-corrected chi connectivity index (χ2v) is 11.1. The molecule has 0 radical (unpaired) electrons. The number of aliphatic carboxylic acids is 2. The van der Waals surface area contributed by atoms with Crippen LogP contribution in [-0.2, 0) is 36.1 Å². The number of halogens is 2. The molecule has 0 aliphatic rings. The summed E-state index contributed by atoms with van der Waals surface area (Å²) >= 11 is 7.04. The zero-order valence-electron chi connectivity index (χ0n) is 23.9. The Balaban J connectivity index is 2.10. The third-order valence-corrected chi connectivity index (χ3v) is 7.28. The summed E-state index contributed by atoms with van der Waals surface area (Å²) in [5.74, 6) is -5.00. The van der Waals surface area contributed by atoms with E-state index in [1.165, 1.54) is 36.4 Å². The molecule has 2 amide bonds. The SMILES string of the molecule is CCOc1ccc(OCC(=O)O)cc1CC(=O)NC(C(=O)N[C@@H](CC(=O)O)C(=O)CSCc1c(F)cccc1Cl)C(C)C. The molecular weight excluding hydrogens is 607 g/mol. The first-order chi connectivity index (χ1) is 20.3. The highest BCUT2D eigenvalue weighted by Crippen LogP contribution is 2.26. The van der Waals surface area contributed by atoms with Gasteiger partial charge < -0.3 is 30.3 Å². The summed E-state index contributed by atoms with van der Waals surface area (Å²) in [5.41, 5.74) is 0.589. The van der Waals surface area contributed by atoms with Crippen molar-refractivity contribution < 1.29 is 48.0 Å². The van der Waals surface area contributed by atoms with Crippen molar-refractivity contribution in [3.63, 3.8) is 0 Å². The van der Waals surface area contributed by atoms with Crippen molar-refractivity contribution in [2.45, 2.75) is 51.4 Å². The van der Waals surface area contributed by atoms with Gasteiger partial charge in [-0.05, 0) is 43.2 Å². The van der Waals surface area contributed by atoms with E-state index in [4.69, 9.17) is 26.2 Å². The molecule has 0 bridgehead atoms. The summed E-state index contributed by atoms with van der Waals surface area (Å²) in [4.78, 5) is 61.4. The zero-order valence-corrected chi connectivity index (χ0v) is 25.4. The molecule has 0 saturated heterocycles. The number of hydrogen-bond acceptors (Lipinski definition) is 8. The third-order valence-electron chi connectivity index (χ3n) is 5.95. The van der Waals surface area contributed by atoms with Crippen LogP contribution in [0.15, 0.2) is 36.4 Å². The van der Waals surface area contributed by atoms with E-state index in [9.17, 15) is 33.5 Å². The number of nitrogens with one attached hydrogen (secondary N) is 2. The second-order valence-electron chi connectivity index (χ2n) is 9.67. The monoisotopic (exact) mass is 640 g/mol. The second kappa shape index (κ2) is 17.3. The number of ketones is 1. The van der Waals surface area contributed by atoms with Crippen LogP contribution in [-0.4, -0.2) is 70.8 Å². The molecule has 11 nitrogen and oxygen atoms in total. The molecule has 0 heterocycles. The van der Waals surface area contributed by atoms with Gasteiger partial charge in [-0.2, -0.15) is 0 Å². The quantitative estimate of drug-likeness (QED) is 0.189. The smallest absolute Gasteiger partial charge is 0.341 e. The summed E-state index contributed by atoms with van der Waals surface area (Å²) in [6.45, 7) is 4.80. The molecule has 2 rings (SSSR count). The number of carbonyl (C=O) groups is 5. The van der Waals surface area contributed by atoms with Gasteiger partial charge in [-0.15, -0.1) is 11.8 Å². The van der Waals surface area contributed by atoms with Crippen LogP contribution in [0.2, 0.25) is 5.02 Å². The first kappa shape index (κ1) is 35.4. The lowest BCUT2D eigenvalue weighted by Gasteiger charge is -2.25. The van der Waals surface area contributed by atoms with Gasteiger partial charge in [0.25, 0.3) is 0 Å². The average Bonchev–Trinajstić information content (AvgIpc) is 2.92. The number of carbonyl (C=O) groups excluding carboxylic acids is 3. The van der Waals surface area contributed by atoms with E-state index in [-0.39, 0.29) is 34.3 Å². The van der Waals surface area contributed by atoms with Crippen LogP contribution < -0.4 is 20.1 Å². The Morgan fingerprint density at radius 2 is 1.74 bits per heavy atom. The first-order valence-corrected chi connectivity index (χ1v) is 14.8. The fourth-order valence-corrected chi connectivity index (χ4v) is 5.17. The molecule has 0 saturated carbocycles. The highest BCUT2D eigenvalue weighted by atomic mass is 35.5. The molecule has 0 aromatic heterocycles. The Morgan fingerprint density at radius 1 is 1.02 bits per heavy atom. The van der Waals surface area contributed by atoms with E-state index in [1.54, 1.807) is 20.8 Å². The number of carboxylic acid groups (broad SMARTS) is 2. The molecule has 0 fully saturated rings. The van der Waals surface area contributed by atoms with E-state index >= 15 is 0 Å². The highest BCUT2D eigenvalue weighted by molar-refractivity contribution is 7.99. The van der Waals surface area contributed by atoms with Crippen molar-refractivity contribution in [2.75, 3.05) is 19.0 Å². The molecule has 4 N–H and O–H groups in total. The van der Waals surface area contributed by atoms with Gasteiger partial charge in [0.05, 0.1) is 31.2 Å². The minimum absolute atomic E-state index is 0.0575. The maximum atomic E-state index is 14.0. The molecule has 0 aliphatic heterocycles. The van der Waals surface area contributed by atoms with Gasteiger partial charge in [-0.1, -0.05) is 31.5 Å². The van der Waals surface area contributed by atoms with Gasteiger partial charge in [0, 0.05) is 21.9 Å². The molecule has 2 aromatic carbocycles. The van der Waals surface area contributed by atoms with E-state index in [1.807, 2.05) is 0 Å². The summed E-state index contributed by atoms with van der Waals surface area (Å²) in [6, 6.07) is 6.19. The minimum atomic E-state index is -1.39. The van der Waals surface area contributed by atoms with Crippen LogP contribution in [0.3, 0.4) is 0 Å². The standard InChI is InChI=1S/C29H34ClFN2O9S/c1-4-41-24-9-8-18(42-13-27(38)39)10-17(24)11-25(35)33-28(16(2)3)29(40)32-22(12-26(36)37)23(34)15-43-14-19-20(30)6-5-7-21(19)31/h5-10,16,22,28H,4,11-15H2,1-3H3,(H,32,40)(H,33,35)(H,36,37)(H,38,39)/t22-,28?/m0/s1. The van der Waals surface area contributed by atoms with Crippen molar-refractivity contribution in [3.8, 4) is 11.5 Å². The van der Waals surface area contributed by atoms with Crippen LogP contribution in [0.25, 0.3) is 0 Å². The van der Waals surface area contributed by atoms with Gasteiger partial charge in [-0.25, -0.2) is 9.18 Å². The fraction of sp³-hybridized carbons (Fsp3) is 0.414. The van der Waals surface area contributed by atoms with Crippen LogP contribution in [0.5, 0.6) is 11.5 Å².